The van der Waals surface area contributed by atoms with Gasteiger partial charge in [-0.3, -0.25) is 19.3 Å². The minimum atomic E-state index is -0.230. The second-order valence-electron chi connectivity index (χ2n) is 7.74. The highest BCUT2D eigenvalue weighted by Gasteiger charge is 2.17. The lowest BCUT2D eigenvalue weighted by Gasteiger charge is -2.22. The summed E-state index contributed by atoms with van der Waals surface area (Å²) in [5.41, 5.74) is -0.113. The average molecular weight is 388 g/mol. The summed E-state index contributed by atoms with van der Waals surface area (Å²) in [6, 6.07) is 0. The Balaban J connectivity index is 4.30. The van der Waals surface area contributed by atoms with Crippen LogP contribution in [-0.2, 0) is 28.6 Å². The molecule has 0 unspecified atom stereocenters. The third-order valence-corrected chi connectivity index (χ3v) is 3.59. The van der Waals surface area contributed by atoms with Crippen molar-refractivity contribution in [1.82, 2.24) is 4.90 Å². The van der Waals surface area contributed by atoms with Gasteiger partial charge in [0.15, 0.2) is 0 Å². The molecule has 0 aromatic rings. The monoisotopic (exact) mass is 387 g/mol. The molecular weight excluding hydrogens is 350 g/mol. The molecule has 0 spiro atoms. The summed E-state index contributed by atoms with van der Waals surface area (Å²) in [7, 11) is 0. The molecule has 0 saturated carbocycles. The molecule has 7 heteroatoms. The molecule has 0 heterocycles. The fourth-order valence-corrected chi connectivity index (χ4v) is 2.24. The second kappa shape index (κ2) is 14.4. The smallest absolute Gasteiger partial charge is 0.306 e. The van der Waals surface area contributed by atoms with Crippen LogP contribution in [0.4, 0.5) is 0 Å². The van der Waals surface area contributed by atoms with Crippen molar-refractivity contribution in [3.05, 3.63) is 0 Å². The molecule has 0 aromatic heterocycles. The number of rotatable bonds is 14. The van der Waals surface area contributed by atoms with Gasteiger partial charge in [-0.2, -0.15) is 0 Å². The maximum atomic E-state index is 11.8. The van der Waals surface area contributed by atoms with Gasteiger partial charge in [0.25, 0.3) is 0 Å². The number of esters is 3. The molecule has 0 atom stereocenters. The molecule has 0 N–H and O–H groups in total. The molecule has 7 nitrogen and oxygen atoms in total. The topological polar surface area (TPSA) is 82.1 Å². The van der Waals surface area contributed by atoms with Gasteiger partial charge in [-0.05, 0) is 18.3 Å². The Morgan fingerprint density at radius 1 is 0.704 bits per heavy atom. The van der Waals surface area contributed by atoms with E-state index in [1.165, 1.54) is 0 Å². The summed E-state index contributed by atoms with van der Waals surface area (Å²) in [5, 5.41) is 0. The summed E-state index contributed by atoms with van der Waals surface area (Å²) in [6.07, 6.45) is 2.66. The van der Waals surface area contributed by atoms with E-state index in [1.807, 2.05) is 39.5 Å². The minimum Gasteiger partial charge on any atom is -0.464 e. The first-order valence-electron chi connectivity index (χ1n) is 9.87. The van der Waals surface area contributed by atoms with Crippen LogP contribution in [0.15, 0.2) is 0 Å². The SMILES string of the molecule is CCCC(=O)OCCN(CCOC(=O)CCC)CCOC(=O)CC(C)(C)C. The van der Waals surface area contributed by atoms with E-state index in [0.717, 1.165) is 12.8 Å². The van der Waals surface area contributed by atoms with Gasteiger partial charge in [0.2, 0.25) is 0 Å². The number of nitrogens with zero attached hydrogens (tertiary/aromatic N) is 1. The maximum absolute atomic E-state index is 11.8. The number of ether oxygens (including phenoxy) is 3. The van der Waals surface area contributed by atoms with Gasteiger partial charge in [0.1, 0.15) is 19.8 Å². The zero-order chi connectivity index (χ0) is 20.7. The van der Waals surface area contributed by atoms with Crippen molar-refractivity contribution in [2.75, 3.05) is 39.5 Å². The van der Waals surface area contributed by atoms with Crippen molar-refractivity contribution in [2.24, 2.45) is 5.41 Å². The number of hydrogen-bond acceptors (Lipinski definition) is 7. The highest BCUT2D eigenvalue weighted by atomic mass is 16.5. The Kier molecular flexibility index (Phi) is 13.6. The lowest BCUT2D eigenvalue weighted by molar-refractivity contribution is -0.146. The predicted octanol–water partition coefficient (Wildman–Crippen LogP) is 2.95. The van der Waals surface area contributed by atoms with Crippen LogP contribution < -0.4 is 0 Å². The summed E-state index contributed by atoms with van der Waals surface area (Å²) >= 11 is 0. The Labute approximate surface area is 163 Å². The van der Waals surface area contributed by atoms with Crippen molar-refractivity contribution >= 4 is 17.9 Å². The van der Waals surface area contributed by atoms with Gasteiger partial charge in [-0.15, -0.1) is 0 Å². The maximum Gasteiger partial charge on any atom is 0.306 e. The van der Waals surface area contributed by atoms with Crippen LogP contribution in [-0.4, -0.2) is 62.3 Å². The van der Waals surface area contributed by atoms with Crippen molar-refractivity contribution in [3.63, 3.8) is 0 Å². The summed E-state index contributed by atoms with van der Waals surface area (Å²) in [6.45, 7) is 12.0. The minimum absolute atomic E-state index is 0.113. The molecule has 0 rings (SSSR count). The van der Waals surface area contributed by atoms with Crippen LogP contribution in [0.2, 0.25) is 0 Å². The lowest BCUT2D eigenvalue weighted by Crippen LogP contribution is -2.35. The summed E-state index contributed by atoms with van der Waals surface area (Å²) < 4.78 is 15.6. The number of carbonyl (C=O) groups excluding carboxylic acids is 3. The molecule has 0 amide bonds. The van der Waals surface area contributed by atoms with Gasteiger partial charge in [0, 0.05) is 32.5 Å². The van der Waals surface area contributed by atoms with Crippen LogP contribution in [0, 0.1) is 5.41 Å². The van der Waals surface area contributed by atoms with Gasteiger partial charge >= 0.3 is 17.9 Å². The van der Waals surface area contributed by atoms with Crippen LogP contribution >= 0.6 is 0 Å². The quantitative estimate of drug-likeness (QED) is 0.335. The van der Waals surface area contributed by atoms with E-state index in [-0.39, 0.29) is 43.1 Å². The van der Waals surface area contributed by atoms with Crippen molar-refractivity contribution in [1.29, 1.82) is 0 Å². The van der Waals surface area contributed by atoms with Crippen LogP contribution in [0.5, 0.6) is 0 Å². The first-order chi connectivity index (χ1) is 12.7. The van der Waals surface area contributed by atoms with E-state index >= 15 is 0 Å². The third kappa shape index (κ3) is 16.3. The molecule has 0 aliphatic carbocycles. The zero-order valence-corrected chi connectivity index (χ0v) is 17.7. The van der Waals surface area contributed by atoms with Crippen molar-refractivity contribution in [3.8, 4) is 0 Å². The Bertz CT molecular complexity index is 420. The van der Waals surface area contributed by atoms with E-state index in [0.29, 0.717) is 38.9 Å². The third-order valence-electron chi connectivity index (χ3n) is 3.59. The van der Waals surface area contributed by atoms with Crippen LogP contribution in [0.1, 0.15) is 66.7 Å². The molecule has 0 saturated heterocycles. The highest BCUT2D eigenvalue weighted by molar-refractivity contribution is 5.70. The fraction of sp³-hybridized carbons (Fsp3) is 0.850. The molecule has 27 heavy (non-hydrogen) atoms. The van der Waals surface area contributed by atoms with Crippen molar-refractivity contribution in [2.45, 2.75) is 66.7 Å². The Hall–Kier alpha value is -1.63. The normalized spacial score (nSPS) is 11.3. The first-order valence-corrected chi connectivity index (χ1v) is 9.87. The Morgan fingerprint density at radius 2 is 1.07 bits per heavy atom. The van der Waals surface area contributed by atoms with Gasteiger partial charge in [0.05, 0.1) is 6.42 Å². The van der Waals surface area contributed by atoms with Crippen LogP contribution in [0.25, 0.3) is 0 Å². The zero-order valence-electron chi connectivity index (χ0n) is 17.7. The second-order valence-corrected chi connectivity index (χ2v) is 7.74. The molecule has 0 fully saturated rings. The number of hydrogen-bond donors (Lipinski definition) is 0. The Morgan fingerprint density at radius 3 is 1.41 bits per heavy atom. The standard InChI is InChI=1S/C20H37NO6/c1-6-8-17(22)25-13-10-21(11-14-26-18(23)9-7-2)12-15-27-19(24)16-20(3,4)5/h6-16H2,1-5H3. The average Bonchev–Trinajstić information content (AvgIpc) is 2.53. The predicted molar refractivity (Wildman–Crippen MR) is 103 cm³/mol. The van der Waals surface area contributed by atoms with Crippen molar-refractivity contribution < 1.29 is 28.6 Å². The molecule has 0 aromatic carbocycles. The largest absolute Gasteiger partial charge is 0.464 e. The molecule has 0 aliphatic rings. The van der Waals surface area contributed by atoms with Gasteiger partial charge < -0.3 is 14.2 Å². The molecule has 0 aliphatic heterocycles. The summed E-state index contributed by atoms with van der Waals surface area (Å²) in [4.78, 5) is 36.7. The highest BCUT2D eigenvalue weighted by Crippen LogP contribution is 2.18. The van der Waals surface area contributed by atoms with Gasteiger partial charge in [-0.25, -0.2) is 0 Å². The molecule has 0 bridgehead atoms. The molecule has 158 valence electrons. The number of carbonyl (C=O) groups is 3. The van der Waals surface area contributed by atoms with Crippen LogP contribution in [0.3, 0.4) is 0 Å². The van der Waals surface area contributed by atoms with E-state index < -0.39 is 0 Å². The molecular formula is C20H37NO6. The fourth-order valence-electron chi connectivity index (χ4n) is 2.24. The van der Waals surface area contributed by atoms with E-state index in [2.05, 4.69) is 0 Å². The van der Waals surface area contributed by atoms with E-state index in [1.54, 1.807) is 0 Å². The molecule has 0 radical (unpaired) electrons. The van der Waals surface area contributed by atoms with E-state index in [4.69, 9.17) is 14.2 Å². The first kappa shape index (κ1) is 25.4. The van der Waals surface area contributed by atoms with Gasteiger partial charge in [-0.1, -0.05) is 34.6 Å². The summed E-state index contributed by atoms with van der Waals surface area (Å²) in [5.74, 6) is -0.668. The lowest BCUT2D eigenvalue weighted by atomic mass is 9.93. The van der Waals surface area contributed by atoms with E-state index in [9.17, 15) is 14.4 Å².